The van der Waals surface area contributed by atoms with Crippen LogP contribution in [0.3, 0.4) is 0 Å². The number of anilines is 1. The molecular weight excluding hydrogens is 343 g/mol. The maximum atomic E-state index is 14.1. The van der Waals surface area contributed by atoms with Crippen LogP contribution in [0.1, 0.15) is 5.56 Å². The number of benzene rings is 1. The number of aromatic nitrogens is 5. The molecule has 3 heterocycles. The molecular formula is C17H14ClFN6. The Morgan fingerprint density at radius 2 is 2.08 bits per heavy atom. The largest absolute Gasteiger partial charge is 0.380 e. The van der Waals surface area contributed by atoms with E-state index in [1.807, 2.05) is 19.3 Å². The van der Waals surface area contributed by atoms with Crippen LogP contribution in [0.15, 0.2) is 42.9 Å². The number of hydrogen-bond acceptors (Lipinski definition) is 4. The summed E-state index contributed by atoms with van der Waals surface area (Å²) in [5.41, 5.74) is 9.40. The van der Waals surface area contributed by atoms with Crippen LogP contribution in [0.4, 0.5) is 10.2 Å². The van der Waals surface area contributed by atoms with Crippen LogP contribution >= 0.6 is 11.6 Å². The first-order valence-corrected chi connectivity index (χ1v) is 7.94. The Morgan fingerprint density at radius 1 is 1.24 bits per heavy atom. The summed E-state index contributed by atoms with van der Waals surface area (Å²) in [5.74, 6) is -0.0914. The summed E-state index contributed by atoms with van der Waals surface area (Å²) >= 11 is 6.13. The molecule has 25 heavy (non-hydrogen) atoms. The highest BCUT2D eigenvalue weighted by molar-refractivity contribution is 6.31. The normalized spacial score (nSPS) is 11.3. The van der Waals surface area contributed by atoms with Crippen molar-refractivity contribution in [3.05, 3.63) is 59.3 Å². The summed E-state index contributed by atoms with van der Waals surface area (Å²) in [6.45, 7) is 0.164. The third kappa shape index (κ3) is 2.72. The number of rotatable bonds is 3. The molecule has 8 heteroatoms. The van der Waals surface area contributed by atoms with Crippen LogP contribution in [-0.2, 0) is 13.6 Å². The Labute approximate surface area is 147 Å². The van der Waals surface area contributed by atoms with Crippen molar-refractivity contribution in [1.82, 2.24) is 24.5 Å². The fourth-order valence-corrected chi connectivity index (χ4v) is 2.98. The van der Waals surface area contributed by atoms with Gasteiger partial charge in [0.15, 0.2) is 5.82 Å². The standard InChI is InChI=1S/C17H14ClFN6/c1-24-8-11(7-22-24)10-5-15-16(21-6-10)17(20)23-25(15)9-12-13(18)3-2-4-14(12)19/h2-8H,9H2,1H3,(H2,20,23). The monoisotopic (exact) mass is 356 g/mol. The van der Waals surface area contributed by atoms with Crippen LogP contribution in [-0.4, -0.2) is 24.5 Å². The van der Waals surface area contributed by atoms with E-state index in [4.69, 9.17) is 17.3 Å². The molecule has 0 spiro atoms. The molecule has 1 aromatic carbocycles. The zero-order chi connectivity index (χ0) is 17.6. The van der Waals surface area contributed by atoms with E-state index in [1.54, 1.807) is 33.9 Å². The van der Waals surface area contributed by atoms with Crippen LogP contribution in [0.5, 0.6) is 0 Å². The number of halogens is 2. The number of pyridine rings is 1. The third-order valence-electron chi connectivity index (χ3n) is 4.02. The highest BCUT2D eigenvalue weighted by atomic mass is 35.5. The molecule has 0 saturated heterocycles. The lowest BCUT2D eigenvalue weighted by Crippen LogP contribution is -2.05. The fraction of sp³-hybridized carbons (Fsp3) is 0.118. The van der Waals surface area contributed by atoms with Crippen LogP contribution in [0.2, 0.25) is 5.02 Å². The van der Waals surface area contributed by atoms with E-state index in [9.17, 15) is 4.39 Å². The lowest BCUT2D eigenvalue weighted by Gasteiger charge is -2.07. The summed E-state index contributed by atoms with van der Waals surface area (Å²) in [7, 11) is 1.85. The van der Waals surface area contributed by atoms with Gasteiger partial charge in [0.1, 0.15) is 11.3 Å². The second-order valence-corrected chi connectivity index (χ2v) is 6.14. The summed E-state index contributed by atoms with van der Waals surface area (Å²) in [4.78, 5) is 4.40. The number of nitrogen functional groups attached to an aromatic ring is 1. The van der Waals surface area contributed by atoms with Crippen molar-refractivity contribution >= 4 is 28.5 Å². The number of nitrogens with two attached hydrogens (primary N) is 1. The number of fused-ring (bicyclic) bond motifs is 1. The highest BCUT2D eigenvalue weighted by Gasteiger charge is 2.15. The molecule has 6 nitrogen and oxygen atoms in total. The number of aryl methyl sites for hydroxylation is 1. The minimum absolute atomic E-state index is 0.164. The van der Waals surface area contributed by atoms with Gasteiger partial charge >= 0.3 is 0 Å². The molecule has 0 atom stereocenters. The van der Waals surface area contributed by atoms with E-state index in [0.29, 0.717) is 27.4 Å². The van der Waals surface area contributed by atoms with Crippen molar-refractivity contribution in [3.8, 4) is 11.1 Å². The summed E-state index contributed by atoms with van der Waals surface area (Å²) in [5, 5.41) is 8.81. The Bertz CT molecular complexity index is 1060. The smallest absolute Gasteiger partial charge is 0.172 e. The number of hydrogen-bond donors (Lipinski definition) is 1. The molecule has 0 saturated carbocycles. The molecule has 0 fully saturated rings. The SMILES string of the molecule is Cn1cc(-c2cnc3c(N)nn(Cc4c(F)cccc4Cl)c3c2)cn1. The van der Waals surface area contributed by atoms with Gasteiger partial charge in [-0.2, -0.15) is 10.2 Å². The van der Waals surface area contributed by atoms with Crippen molar-refractivity contribution in [2.45, 2.75) is 6.54 Å². The first-order chi connectivity index (χ1) is 12.0. The predicted octanol–water partition coefficient (Wildman–Crippen LogP) is 3.25. The van der Waals surface area contributed by atoms with Crippen molar-refractivity contribution in [1.29, 1.82) is 0 Å². The molecule has 0 aliphatic rings. The topological polar surface area (TPSA) is 74.6 Å². The Kier molecular flexibility index (Phi) is 3.65. The van der Waals surface area contributed by atoms with Gasteiger partial charge in [0.05, 0.1) is 18.3 Å². The zero-order valence-corrected chi connectivity index (χ0v) is 14.1. The Hall–Kier alpha value is -2.93. The third-order valence-corrected chi connectivity index (χ3v) is 4.38. The van der Waals surface area contributed by atoms with E-state index in [1.165, 1.54) is 6.07 Å². The lowest BCUT2D eigenvalue weighted by atomic mass is 10.1. The van der Waals surface area contributed by atoms with E-state index in [0.717, 1.165) is 11.1 Å². The van der Waals surface area contributed by atoms with Crippen LogP contribution in [0.25, 0.3) is 22.2 Å². The van der Waals surface area contributed by atoms with Crippen molar-refractivity contribution < 1.29 is 4.39 Å². The molecule has 0 aliphatic heterocycles. The van der Waals surface area contributed by atoms with E-state index in [2.05, 4.69) is 15.2 Å². The van der Waals surface area contributed by atoms with E-state index >= 15 is 0 Å². The molecule has 0 unspecified atom stereocenters. The van der Waals surface area contributed by atoms with Crippen molar-refractivity contribution in [2.75, 3.05) is 5.73 Å². The minimum atomic E-state index is -0.383. The molecule has 3 aromatic heterocycles. The molecule has 2 N–H and O–H groups in total. The van der Waals surface area contributed by atoms with E-state index < -0.39 is 0 Å². The van der Waals surface area contributed by atoms with Gasteiger partial charge in [-0.25, -0.2) is 4.39 Å². The van der Waals surface area contributed by atoms with E-state index in [-0.39, 0.29) is 12.4 Å². The average Bonchev–Trinajstić information content (AvgIpc) is 3.15. The van der Waals surface area contributed by atoms with Crippen LogP contribution < -0.4 is 5.73 Å². The van der Waals surface area contributed by atoms with Gasteiger partial charge < -0.3 is 5.73 Å². The predicted molar refractivity (Wildman–Crippen MR) is 94.7 cm³/mol. The van der Waals surface area contributed by atoms with Gasteiger partial charge in [0, 0.05) is 41.2 Å². The second-order valence-electron chi connectivity index (χ2n) is 5.74. The summed E-state index contributed by atoms with van der Waals surface area (Å²) < 4.78 is 17.4. The van der Waals surface area contributed by atoms with Gasteiger partial charge in [-0.05, 0) is 18.2 Å². The van der Waals surface area contributed by atoms with Crippen LogP contribution in [0, 0.1) is 5.82 Å². The number of nitrogens with zero attached hydrogens (tertiary/aromatic N) is 5. The van der Waals surface area contributed by atoms with Crippen molar-refractivity contribution in [2.24, 2.45) is 7.05 Å². The molecule has 0 aliphatic carbocycles. The van der Waals surface area contributed by atoms with Gasteiger partial charge in [0.25, 0.3) is 0 Å². The maximum absolute atomic E-state index is 14.1. The fourth-order valence-electron chi connectivity index (χ4n) is 2.76. The van der Waals surface area contributed by atoms with Crippen molar-refractivity contribution in [3.63, 3.8) is 0 Å². The molecule has 4 rings (SSSR count). The lowest BCUT2D eigenvalue weighted by molar-refractivity contribution is 0.591. The zero-order valence-electron chi connectivity index (χ0n) is 13.3. The molecule has 0 bridgehead atoms. The highest BCUT2D eigenvalue weighted by Crippen LogP contribution is 2.27. The van der Waals surface area contributed by atoms with Gasteiger partial charge in [-0.3, -0.25) is 14.3 Å². The second kappa shape index (κ2) is 5.86. The molecule has 0 amide bonds. The first kappa shape index (κ1) is 15.6. The van der Waals surface area contributed by atoms with Gasteiger partial charge in [-0.1, -0.05) is 17.7 Å². The molecule has 4 aromatic rings. The Morgan fingerprint density at radius 3 is 2.80 bits per heavy atom. The average molecular weight is 357 g/mol. The molecule has 0 radical (unpaired) electrons. The minimum Gasteiger partial charge on any atom is -0.380 e. The molecule has 126 valence electrons. The quantitative estimate of drug-likeness (QED) is 0.611. The maximum Gasteiger partial charge on any atom is 0.172 e. The van der Waals surface area contributed by atoms with Gasteiger partial charge in [0.2, 0.25) is 0 Å². The summed E-state index contributed by atoms with van der Waals surface area (Å²) in [6, 6.07) is 6.50. The first-order valence-electron chi connectivity index (χ1n) is 7.57. The Balaban J connectivity index is 1.83. The summed E-state index contributed by atoms with van der Waals surface area (Å²) in [6.07, 6.45) is 5.36. The van der Waals surface area contributed by atoms with Gasteiger partial charge in [-0.15, -0.1) is 0 Å².